The van der Waals surface area contributed by atoms with Crippen molar-refractivity contribution in [1.29, 1.82) is 0 Å². The van der Waals surface area contributed by atoms with Gasteiger partial charge in [-0.05, 0) is 46.3 Å². The average Bonchev–Trinajstić information content (AvgIpc) is 2.37. The van der Waals surface area contributed by atoms with Crippen molar-refractivity contribution in [1.82, 2.24) is 0 Å². The monoisotopic (exact) mass is 361 g/mol. The van der Waals surface area contributed by atoms with Crippen LogP contribution in [-0.2, 0) is 0 Å². The van der Waals surface area contributed by atoms with Crippen LogP contribution < -0.4 is 5.32 Å². The van der Waals surface area contributed by atoms with Crippen molar-refractivity contribution < 1.29 is 9.18 Å². The molecule has 2 aromatic carbocycles. The van der Waals surface area contributed by atoms with Crippen LogP contribution in [0.2, 0.25) is 10.0 Å². The molecule has 2 nitrogen and oxygen atoms in total. The van der Waals surface area contributed by atoms with Gasteiger partial charge in [0.1, 0.15) is 5.82 Å². The van der Waals surface area contributed by atoms with Crippen LogP contribution in [0.25, 0.3) is 0 Å². The Bertz CT molecular complexity index is 649. The van der Waals surface area contributed by atoms with Gasteiger partial charge in [-0.2, -0.15) is 0 Å². The highest BCUT2D eigenvalue weighted by Crippen LogP contribution is 2.26. The Balaban J connectivity index is 2.26. The Morgan fingerprint density at radius 3 is 2.58 bits per heavy atom. The number of halogens is 4. The van der Waals surface area contributed by atoms with Crippen LogP contribution in [0.4, 0.5) is 10.1 Å². The molecule has 0 fully saturated rings. The lowest BCUT2D eigenvalue weighted by Crippen LogP contribution is -2.13. The minimum atomic E-state index is -0.611. The van der Waals surface area contributed by atoms with Gasteiger partial charge in [-0.1, -0.05) is 29.3 Å². The highest BCUT2D eigenvalue weighted by atomic mass is 79.9. The van der Waals surface area contributed by atoms with Gasteiger partial charge in [-0.15, -0.1) is 0 Å². The van der Waals surface area contributed by atoms with Gasteiger partial charge in [0.2, 0.25) is 0 Å². The van der Waals surface area contributed by atoms with Crippen LogP contribution in [0.5, 0.6) is 0 Å². The highest BCUT2D eigenvalue weighted by Gasteiger charge is 2.14. The van der Waals surface area contributed by atoms with Crippen LogP contribution in [0.1, 0.15) is 10.4 Å². The first-order valence-corrected chi connectivity index (χ1v) is 6.74. The van der Waals surface area contributed by atoms with E-state index >= 15 is 0 Å². The van der Waals surface area contributed by atoms with Crippen LogP contribution in [0.15, 0.2) is 40.9 Å². The van der Waals surface area contributed by atoms with Crippen molar-refractivity contribution in [3.05, 3.63) is 62.3 Å². The van der Waals surface area contributed by atoms with E-state index in [1.807, 2.05) is 0 Å². The lowest BCUT2D eigenvalue weighted by molar-refractivity contribution is 0.102. The minimum Gasteiger partial charge on any atom is -0.322 e. The van der Waals surface area contributed by atoms with E-state index in [0.717, 1.165) is 0 Å². The fraction of sp³-hybridized carbons (Fsp3) is 0. The molecule has 1 N–H and O–H groups in total. The summed E-state index contributed by atoms with van der Waals surface area (Å²) in [5, 5.41) is 3.25. The summed E-state index contributed by atoms with van der Waals surface area (Å²) in [6, 6.07) is 9.13. The lowest BCUT2D eigenvalue weighted by Gasteiger charge is -2.07. The van der Waals surface area contributed by atoms with Gasteiger partial charge in [-0.3, -0.25) is 4.79 Å². The molecule has 2 rings (SSSR count). The molecule has 2 aromatic rings. The van der Waals surface area contributed by atoms with E-state index in [4.69, 9.17) is 23.2 Å². The zero-order chi connectivity index (χ0) is 14.0. The van der Waals surface area contributed by atoms with Crippen molar-refractivity contribution in [2.45, 2.75) is 0 Å². The number of benzene rings is 2. The summed E-state index contributed by atoms with van der Waals surface area (Å²) in [5.41, 5.74) is 0.388. The van der Waals surface area contributed by atoms with E-state index < -0.39 is 11.7 Å². The predicted octanol–water partition coefficient (Wildman–Crippen LogP) is 5.15. The Morgan fingerprint density at radius 1 is 1.16 bits per heavy atom. The molecular weight excluding hydrogens is 356 g/mol. The zero-order valence-corrected chi connectivity index (χ0v) is 12.5. The van der Waals surface area contributed by atoms with E-state index in [-0.39, 0.29) is 10.0 Å². The van der Waals surface area contributed by atoms with Crippen molar-refractivity contribution in [3.63, 3.8) is 0 Å². The first kappa shape index (κ1) is 14.3. The lowest BCUT2D eigenvalue weighted by atomic mass is 10.2. The Hall–Kier alpha value is -1.10. The number of anilines is 1. The number of carbonyl (C=O) groups is 1. The SMILES string of the molecule is O=C(Nc1ccc(Cl)c(Cl)c1)c1cccc(Br)c1F. The van der Waals surface area contributed by atoms with Gasteiger partial charge >= 0.3 is 0 Å². The first-order chi connectivity index (χ1) is 8.99. The van der Waals surface area contributed by atoms with E-state index in [1.54, 1.807) is 18.2 Å². The Kier molecular flexibility index (Phi) is 4.45. The van der Waals surface area contributed by atoms with E-state index in [9.17, 15) is 9.18 Å². The smallest absolute Gasteiger partial charge is 0.258 e. The Labute approximate surface area is 127 Å². The standard InChI is InChI=1S/C13H7BrCl2FNO/c14-9-3-1-2-8(12(9)17)13(19)18-7-4-5-10(15)11(16)6-7/h1-6H,(H,18,19). The van der Waals surface area contributed by atoms with E-state index in [2.05, 4.69) is 21.2 Å². The van der Waals surface area contributed by atoms with Crippen LogP contribution in [-0.4, -0.2) is 5.91 Å². The molecule has 0 radical (unpaired) electrons. The highest BCUT2D eigenvalue weighted by molar-refractivity contribution is 9.10. The third kappa shape index (κ3) is 3.26. The van der Waals surface area contributed by atoms with Gasteiger partial charge in [0.25, 0.3) is 5.91 Å². The van der Waals surface area contributed by atoms with Crippen LogP contribution in [0.3, 0.4) is 0 Å². The molecule has 1 amide bonds. The maximum absolute atomic E-state index is 13.7. The largest absolute Gasteiger partial charge is 0.322 e. The fourth-order valence-electron chi connectivity index (χ4n) is 1.45. The van der Waals surface area contributed by atoms with Crippen LogP contribution >= 0.6 is 39.1 Å². The molecule has 0 saturated heterocycles. The molecule has 0 aliphatic carbocycles. The predicted molar refractivity (Wildman–Crippen MR) is 78.5 cm³/mol. The molecule has 0 aliphatic heterocycles. The van der Waals surface area contributed by atoms with Crippen molar-refractivity contribution >= 4 is 50.7 Å². The summed E-state index contributed by atoms with van der Waals surface area (Å²) in [4.78, 5) is 11.9. The molecular formula is C13H7BrCl2FNO. The van der Waals surface area contributed by atoms with Gasteiger partial charge in [-0.25, -0.2) is 4.39 Å². The maximum atomic E-state index is 13.7. The van der Waals surface area contributed by atoms with E-state index in [0.29, 0.717) is 15.7 Å². The average molecular weight is 363 g/mol. The third-order valence-electron chi connectivity index (χ3n) is 2.37. The Morgan fingerprint density at radius 2 is 1.89 bits per heavy atom. The molecule has 19 heavy (non-hydrogen) atoms. The summed E-state index contributed by atoms with van der Waals surface area (Å²) in [5.74, 6) is -1.17. The molecule has 98 valence electrons. The van der Waals surface area contributed by atoms with Gasteiger partial charge in [0.05, 0.1) is 20.1 Å². The van der Waals surface area contributed by atoms with Crippen LogP contribution in [0, 0.1) is 5.82 Å². The van der Waals surface area contributed by atoms with Crippen molar-refractivity contribution in [3.8, 4) is 0 Å². The number of hydrogen-bond acceptors (Lipinski definition) is 1. The number of amides is 1. The van der Waals surface area contributed by atoms with Gasteiger partial charge < -0.3 is 5.32 Å². The second-order valence-electron chi connectivity index (χ2n) is 3.68. The second-order valence-corrected chi connectivity index (χ2v) is 5.35. The van der Waals surface area contributed by atoms with Crippen molar-refractivity contribution in [2.24, 2.45) is 0 Å². The topological polar surface area (TPSA) is 29.1 Å². The summed E-state index contributed by atoms with van der Waals surface area (Å²) < 4.78 is 14.0. The number of rotatable bonds is 2. The first-order valence-electron chi connectivity index (χ1n) is 5.19. The maximum Gasteiger partial charge on any atom is 0.258 e. The van der Waals surface area contributed by atoms with Gasteiger partial charge in [0, 0.05) is 5.69 Å². The summed E-state index contributed by atoms with van der Waals surface area (Å²) >= 11 is 14.6. The number of nitrogens with one attached hydrogen (secondary N) is 1. The molecule has 0 bridgehead atoms. The molecule has 0 saturated carbocycles. The van der Waals surface area contributed by atoms with Crippen molar-refractivity contribution in [2.75, 3.05) is 5.32 Å². The normalized spacial score (nSPS) is 10.3. The summed E-state index contributed by atoms with van der Waals surface area (Å²) in [6.07, 6.45) is 0. The molecule has 0 aromatic heterocycles. The summed E-state index contributed by atoms with van der Waals surface area (Å²) in [6.45, 7) is 0. The number of hydrogen-bond donors (Lipinski definition) is 1. The van der Waals surface area contributed by atoms with E-state index in [1.165, 1.54) is 18.2 Å². The molecule has 0 heterocycles. The third-order valence-corrected chi connectivity index (χ3v) is 3.73. The molecule has 6 heteroatoms. The second kappa shape index (κ2) is 5.90. The quantitative estimate of drug-likeness (QED) is 0.786. The molecule has 0 aliphatic rings. The molecule has 0 atom stereocenters. The zero-order valence-electron chi connectivity index (χ0n) is 9.38. The summed E-state index contributed by atoms with van der Waals surface area (Å²) in [7, 11) is 0. The van der Waals surface area contributed by atoms with Gasteiger partial charge in [0.15, 0.2) is 0 Å². The minimum absolute atomic E-state index is 0.0551. The molecule has 0 spiro atoms. The number of carbonyl (C=O) groups excluding carboxylic acids is 1. The molecule has 0 unspecified atom stereocenters. The fourth-order valence-corrected chi connectivity index (χ4v) is 2.12.